The SMILES string of the molecule is O=C(O)C(F)(F)F.O=C1Cc2cc(Nc3ccnc(Nc4ccc(N5CCOCC5)cc4)c3)ccc2N1. The number of aromatic nitrogens is 1. The molecule has 12 heteroatoms. The van der Waals surface area contributed by atoms with E-state index < -0.39 is 12.1 Å². The zero-order chi connectivity index (χ0) is 26.4. The van der Waals surface area contributed by atoms with E-state index in [2.05, 4.69) is 50.1 Å². The summed E-state index contributed by atoms with van der Waals surface area (Å²) >= 11 is 0. The lowest BCUT2D eigenvalue weighted by Gasteiger charge is -2.28. The maximum Gasteiger partial charge on any atom is 0.490 e. The highest BCUT2D eigenvalue weighted by atomic mass is 19.4. The molecule has 1 saturated heterocycles. The third kappa shape index (κ3) is 7.10. The fourth-order valence-electron chi connectivity index (χ4n) is 3.78. The molecule has 0 aliphatic carbocycles. The Kier molecular flexibility index (Phi) is 7.77. The number of carbonyl (C=O) groups is 2. The minimum Gasteiger partial charge on any atom is -0.475 e. The molecule has 0 radical (unpaired) electrons. The number of fused-ring (bicyclic) bond motifs is 1. The number of alkyl halides is 3. The Bertz CT molecular complexity index is 1260. The van der Waals surface area contributed by atoms with Gasteiger partial charge in [-0.15, -0.1) is 0 Å². The Hall–Kier alpha value is -4.32. The number of halogens is 3. The number of nitrogens with one attached hydrogen (secondary N) is 3. The number of benzene rings is 2. The van der Waals surface area contributed by atoms with Gasteiger partial charge in [0.05, 0.1) is 19.6 Å². The lowest BCUT2D eigenvalue weighted by molar-refractivity contribution is -0.192. The number of morpholine rings is 1. The Morgan fingerprint density at radius 2 is 1.62 bits per heavy atom. The highest BCUT2D eigenvalue weighted by molar-refractivity contribution is 5.99. The first-order valence-corrected chi connectivity index (χ1v) is 11.3. The number of pyridine rings is 1. The average Bonchev–Trinajstić information content (AvgIpc) is 3.24. The van der Waals surface area contributed by atoms with Gasteiger partial charge in [0.1, 0.15) is 5.82 Å². The van der Waals surface area contributed by atoms with Crippen molar-refractivity contribution in [1.82, 2.24) is 4.98 Å². The van der Waals surface area contributed by atoms with Gasteiger partial charge in [-0.25, -0.2) is 9.78 Å². The molecule has 1 amide bonds. The molecule has 2 aromatic carbocycles. The first-order chi connectivity index (χ1) is 17.7. The van der Waals surface area contributed by atoms with E-state index in [-0.39, 0.29) is 5.91 Å². The molecule has 0 saturated carbocycles. The summed E-state index contributed by atoms with van der Waals surface area (Å²) in [5.74, 6) is -1.96. The molecule has 0 bridgehead atoms. The van der Waals surface area contributed by atoms with Crippen LogP contribution in [0.2, 0.25) is 0 Å². The Labute approximate surface area is 210 Å². The van der Waals surface area contributed by atoms with Crippen molar-refractivity contribution in [1.29, 1.82) is 0 Å². The van der Waals surface area contributed by atoms with Crippen LogP contribution >= 0.6 is 0 Å². The summed E-state index contributed by atoms with van der Waals surface area (Å²) in [6.07, 6.45) is -2.89. The average molecular weight is 515 g/mol. The van der Waals surface area contributed by atoms with Crippen LogP contribution < -0.4 is 20.9 Å². The van der Waals surface area contributed by atoms with Crippen LogP contribution in [0.25, 0.3) is 0 Å². The van der Waals surface area contributed by atoms with E-state index in [1.807, 2.05) is 30.3 Å². The van der Waals surface area contributed by atoms with Gasteiger partial charge in [0, 0.05) is 53.8 Å². The minimum atomic E-state index is -5.08. The summed E-state index contributed by atoms with van der Waals surface area (Å²) in [5.41, 5.74) is 5.96. The molecule has 1 aromatic heterocycles. The number of hydrogen-bond donors (Lipinski definition) is 4. The van der Waals surface area contributed by atoms with Gasteiger partial charge in [-0.3, -0.25) is 4.79 Å². The van der Waals surface area contributed by atoms with Gasteiger partial charge < -0.3 is 30.7 Å². The molecule has 2 aliphatic rings. The highest BCUT2D eigenvalue weighted by Crippen LogP contribution is 2.28. The van der Waals surface area contributed by atoms with Crippen LogP contribution in [0.1, 0.15) is 5.56 Å². The molecule has 5 rings (SSSR count). The molecule has 4 N–H and O–H groups in total. The summed E-state index contributed by atoms with van der Waals surface area (Å²) in [4.78, 5) is 27.2. The second-order valence-electron chi connectivity index (χ2n) is 8.23. The van der Waals surface area contributed by atoms with Crippen LogP contribution in [0.4, 0.5) is 47.4 Å². The second-order valence-corrected chi connectivity index (χ2v) is 8.23. The third-order valence-corrected chi connectivity index (χ3v) is 5.54. The number of anilines is 6. The molecule has 194 valence electrons. The molecule has 0 unspecified atom stereocenters. The van der Waals surface area contributed by atoms with Gasteiger partial charge in [0.15, 0.2) is 0 Å². The molecular weight excluding hydrogens is 491 g/mol. The Morgan fingerprint density at radius 3 is 2.30 bits per heavy atom. The molecule has 1 fully saturated rings. The summed E-state index contributed by atoms with van der Waals surface area (Å²) in [6, 6.07) is 18.2. The molecule has 3 aromatic rings. The first kappa shape index (κ1) is 25.8. The fraction of sp³-hybridized carbons (Fsp3) is 0.240. The number of nitrogens with zero attached hydrogens (tertiary/aromatic N) is 2. The van der Waals surface area contributed by atoms with Crippen LogP contribution in [0, 0.1) is 0 Å². The molecule has 2 aliphatic heterocycles. The zero-order valence-corrected chi connectivity index (χ0v) is 19.5. The minimum absolute atomic E-state index is 0.0391. The lowest BCUT2D eigenvalue weighted by atomic mass is 10.1. The predicted molar refractivity (Wildman–Crippen MR) is 133 cm³/mol. The standard InChI is InChI=1S/C23H23N5O2.C2HF3O2/c29-23-14-16-13-18(3-6-21(16)27-23)25-19-7-8-24-22(15-19)26-17-1-4-20(5-2-17)28-9-11-30-12-10-28;3-2(4,5)1(6)7/h1-8,13,15H,9-12,14H2,(H,27,29)(H2,24,25,26);(H,6,7). The van der Waals surface area contributed by atoms with E-state index in [0.29, 0.717) is 6.42 Å². The fourth-order valence-corrected chi connectivity index (χ4v) is 3.78. The second kappa shape index (κ2) is 11.2. The van der Waals surface area contributed by atoms with Gasteiger partial charge >= 0.3 is 12.1 Å². The maximum absolute atomic E-state index is 11.5. The first-order valence-electron chi connectivity index (χ1n) is 11.3. The van der Waals surface area contributed by atoms with Gasteiger partial charge in [-0.05, 0) is 54.1 Å². The van der Waals surface area contributed by atoms with Crippen molar-refractivity contribution in [3.05, 3.63) is 66.4 Å². The quantitative estimate of drug-likeness (QED) is 0.392. The van der Waals surface area contributed by atoms with Crippen molar-refractivity contribution in [3.8, 4) is 0 Å². The number of carboxylic acid groups (broad SMARTS) is 1. The van der Waals surface area contributed by atoms with Crippen molar-refractivity contribution in [3.63, 3.8) is 0 Å². The number of amides is 1. The molecule has 37 heavy (non-hydrogen) atoms. The summed E-state index contributed by atoms with van der Waals surface area (Å²) in [6.45, 7) is 3.41. The number of rotatable bonds is 5. The largest absolute Gasteiger partial charge is 0.490 e. The predicted octanol–water partition coefficient (Wildman–Crippen LogP) is 4.53. The molecule has 0 spiro atoms. The summed E-state index contributed by atoms with van der Waals surface area (Å²) < 4.78 is 37.2. The molecule has 0 atom stereocenters. The number of carbonyl (C=O) groups excluding carboxylic acids is 1. The smallest absolute Gasteiger partial charge is 0.475 e. The monoisotopic (exact) mass is 515 g/mol. The van der Waals surface area contributed by atoms with Crippen LogP contribution in [-0.2, 0) is 20.7 Å². The third-order valence-electron chi connectivity index (χ3n) is 5.54. The van der Waals surface area contributed by atoms with Crippen LogP contribution in [0.3, 0.4) is 0 Å². The van der Waals surface area contributed by atoms with Crippen molar-refractivity contribution in [2.24, 2.45) is 0 Å². The van der Waals surface area contributed by atoms with E-state index in [4.69, 9.17) is 14.6 Å². The van der Waals surface area contributed by atoms with Crippen LogP contribution in [0.15, 0.2) is 60.8 Å². The summed E-state index contributed by atoms with van der Waals surface area (Å²) in [7, 11) is 0. The van der Waals surface area contributed by atoms with E-state index >= 15 is 0 Å². The van der Waals surface area contributed by atoms with E-state index in [1.165, 1.54) is 5.69 Å². The van der Waals surface area contributed by atoms with E-state index in [9.17, 15) is 18.0 Å². The topological polar surface area (TPSA) is 116 Å². The highest BCUT2D eigenvalue weighted by Gasteiger charge is 2.38. The zero-order valence-electron chi connectivity index (χ0n) is 19.5. The number of ether oxygens (including phenoxy) is 1. The number of aliphatic carboxylic acids is 1. The van der Waals surface area contributed by atoms with Crippen molar-refractivity contribution >= 4 is 46.1 Å². The lowest BCUT2D eigenvalue weighted by Crippen LogP contribution is -2.36. The number of carboxylic acids is 1. The summed E-state index contributed by atoms with van der Waals surface area (Å²) in [5, 5.41) is 16.7. The van der Waals surface area contributed by atoms with Crippen molar-refractivity contribution in [2.45, 2.75) is 12.6 Å². The van der Waals surface area contributed by atoms with Gasteiger partial charge in [-0.1, -0.05) is 0 Å². The van der Waals surface area contributed by atoms with Crippen molar-refractivity contribution in [2.75, 3.05) is 47.2 Å². The number of hydrogen-bond acceptors (Lipinski definition) is 7. The molecule has 3 heterocycles. The Morgan fingerprint density at radius 1 is 0.973 bits per heavy atom. The van der Waals surface area contributed by atoms with Crippen LogP contribution in [0.5, 0.6) is 0 Å². The molecule has 9 nitrogen and oxygen atoms in total. The normalized spacial score (nSPS) is 14.7. The Balaban J connectivity index is 0.000000405. The maximum atomic E-state index is 11.5. The van der Waals surface area contributed by atoms with Crippen LogP contribution in [-0.4, -0.2) is 54.4 Å². The van der Waals surface area contributed by atoms with Crippen molar-refractivity contribution < 1.29 is 32.6 Å². The van der Waals surface area contributed by atoms with E-state index in [0.717, 1.165) is 60.4 Å². The molecular formula is C25H24F3N5O4. The van der Waals surface area contributed by atoms with Gasteiger partial charge in [-0.2, -0.15) is 13.2 Å². The van der Waals surface area contributed by atoms with E-state index in [1.54, 1.807) is 6.20 Å². The van der Waals surface area contributed by atoms with Gasteiger partial charge in [0.25, 0.3) is 0 Å². The van der Waals surface area contributed by atoms with Gasteiger partial charge in [0.2, 0.25) is 5.91 Å².